The second-order valence-electron chi connectivity index (χ2n) is 7.41. The van der Waals surface area contributed by atoms with Gasteiger partial charge in [0.1, 0.15) is 5.56 Å². The second-order valence-corrected chi connectivity index (χ2v) is 8.66. The molecule has 38 heavy (non-hydrogen) atoms. The molecule has 0 unspecified atom stereocenters. The van der Waals surface area contributed by atoms with E-state index in [1.165, 1.54) is 4.68 Å². The fourth-order valence-electron chi connectivity index (χ4n) is 3.03. The molecule has 2 aromatic heterocycles. The molecule has 0 aliphatic rings. The number of H-pyrrole nitrogens is 2. The van der Waals surface area contributed by atoms with E-state index in [0.717, 1.165) is 6.20 Å². The molecule has 0 saturated heterocycles. The monoisotopic (exact) mass is 579 g/mol. The van der Waals surface area contributed by atoms with E-state index in [1.807, 2.05) is 4.98 Å². The Morgan fingerprint density at radius 3 is 2.13 bits per heavy atom. The minimum atomic E-state index is -1.37. The van der Waals surface area contributed by atoms with Gasteiger partial charge in [-0.2, -0.15) is 0 Å². The van der Waals surface area contributed by atoms with Gasteiger partial charge in [0.25, 0.3) is 11.5 Å². The lowest BCUT2D eigenvalue weighted by atomic mass is 10.0. The number of hydrogen-bond acceptors (Lipinski definition) is 8. The number of aromatic nitrogens is 5. The van der Waals surface area contributed by atoms with E-state index in [9.17, 15) is 24.0 Å². The highest BCUT2D eigenvalue weighted by Gasteiger charge is 2.20. The van der Waals surface area contributed by atoms with Gasteiger partial charge in [0.05, 0.1) is 22.2 Å². The number of ketones is 1. The van der Waals surface area contributed by atoms with Crippen molar-refractivity contribution >= 4 is 58.3 Å². The molecule has 0 bridgehead atoms. The molecule has 196 valence electrons. The van der Waals surface area contributed by atoms with Gasteiger partial charge in [-0.1, -0.05) is 40.0 Å². The summed E-state index contributed by atoms with van der Waals surface area (Å²) in [5.74, 6) is -2.46. The minimum absolute atomic E-state index is 0.0241. The fraction of sp³-hybridized carbons (Fsp3) is 0.0455. The summed E-state index contributed by atoms with van der Waals surface area (Å²) in [6.45, 7) is 0.140. The third-order valence-corrected chi connectivity index (χ3v) is 5.67. The summed E-state index contributed by atoms with van der Waals surface area (Å²) in [4.78, 5) is 58.9. The zero-order chi connectivity index (χ0) is 28.1. The number of rotatable bonds is 6. The Labute approximate surface area is 226 Å². The van der Waals surface area contributed by atoms with Crippen molar-refractivity contribution in [2.75, 3.05) is 5.73 Å². The largest absolute Gasteiger partial charge is 0.477 e. The van der Waals surface area contributed by atoms with E-state index in [-0.39, 0.29) is 39.4 Å². The highest BCUT2D eigenvalue weighted by molar-refractivity contribution is 6.41. The number of carbonyl (C=O) groups is 3. The minimum Gasteiger partial charge on any atom is -0.477 e. The first-order valence-electron chi connectivity index (χ1n) is 10.2. The lowest BCUT2D eigenvalue weighted by Gasteiger charge is -2.10. The number of carboxylic acid groups (broad SMARTS) is 1. The van der Waals surface area contributed by atoms with Crippen LogP contribution >= 0.6 is 34.8 Å². The fourth-order valence-corrected chi connectivity index (χ4v) is 3.86. The first-order chi connectivity index (χ1) is 17.9. The summed E-state index contributed by atoms with van der Waals surface area (Å²) < 4.78 is 1.28. The number of primary amides is 1. The number of nitrogens with zero attached hydrogens (tertiary/aromatic N) is 3. The van der Waals surface area contributed by atoms with Crippen molar-refractivity contribution in [2.45, 2.75) is 6.54 Å². The van der Waals surface area contributed by atoms with Gasteiger partial charge in [-0.15, -0.1) is 5.10 Å². The highest BCUT2D eigenvalue weighted by atomic mass is 35.5. The molecular formula is C22H16Cl3N7O6. The normalized spacial score (nSPS) is 10.4. The lowest BCUT2D eigenvalue weighted by molar-refractivity contribution is 0.0693. The number of carbonyl (C=O) groups excluding carboxylic acids is 2. The summed E-state index contributed by atoms with van der Waals surface area (Å²) in [6.07, 6.45) is 0.851. The maximum atomic E-state index is 12.7. The number of halogens is 3. The van der Waals surface area contributed by atoms with Crippen molar-refractivity contribution in [1.82, 2.24) is 25.0 Å². The number of benzene rings is 2. The van der Waals surface area contributed by atoms with Gasteiger partial charge >= 0.3 is 11.7 Å². The van der Waals surface area contributed by atoms with E-state index in [1.54, 1.807) is 41.4 Å². The molecule has 13 nitrogen and oxygen atoms in total. The van der Waals surface area contributed by atoms with Crippen molar-refractivity contribution in [3.63, 3.8) is 0 Å². The number of anilines is 1. The summed E-state index contributed by atoms with van der Waals surface area (Å²) in [7, 11) is 0. The van der Waals surface area contributed by atoms with Gasteiger partial charge in [-0.05, 0) is 42.0 Å². The van der Waals surface area contributed by atoms with Crippen LogP contribution in [0, 0.1) is 0 Å². The third-order valence-electron chi connectivity index (χ3n) is 4.82. The quantitative estimate of drug-likeness (QED) is 0.210. The molecule has 0 fully saturated rings. The summed E-state index contributed by atoms with van der Waals surface area (Å²) in [5.41, 5.74) is 9.93. The highest BCUT2D eigenvalue weighted by Crippen LogP contribution is 2.30. The van der Waals surface area contributed by atoms with Gasteiger partial charge in [0.15, 0.2) is 17.3 Å². The molecule has 4 rings (SSSR count). The van der Waals surface area contributed by atoms with E-state index in [4.69, 9.17) is 51.4 Å². The Morgan fingerprint density at radius 1 is 1.03 bits per heavy atom. The molecule has 7 N–H and O–H groups in total. The van der Waals surface area contributed by atoms with Crippen LogP contribution < -0.4 is 22.7 Å². The van der Waals surface area contributed by atoms with Crippen molar-refractivity contribution in [1.29, 1.82) is 0 Å². The van der Waals surface area contributed by atoms with Crippen molar-refractivity contribution in [3.05, 3.63) is 106 Å². The first kappa shape index (κ1) is 28.1. The summed E-state index contributed by atoms with van der Waals surface area (Å²) >= 11 is 18.4. The van der Waals surface area contributed by atoms with Crippen molar-refractivity contribution < 1.29 is 19.5 Å². The topological polar surface area (TPSA) is 220 Å². The van der Waals surface area contributed by atoms with E-state index >= 15 is 0 Å². The van der Waals surface area contributed by atoms with Crippen LogP contribution in [0.1, 0.15) is 42.3 Å². The van der Waals surface area contributed by atoms with Gasteiger partial charge < -0.3 is 21.6 Å². The molecule has 16 heteroatoms. The lowest BCUT2D eigenvalue weighted by Crippen LogP contribution is -2.26. The predicted molar refractivity (Wildman–Crippen MR) is 138 cm³/mol. The van der Waals surface area contributed by atoms with Crippen LogP contribution in [0.3, 0.4) is 0 Å². The van der Waals surface area contributed by atoms with Crippen LogP contribution in [-0.4, -0.2) is 47.7 Å². The number of nitrogen functional groups attached to an aromatic ring is 1. The molecule has 0 spiro atoms. The van der Waals surface area contributed by atoms with E-state index < -0.39 is 28.7 Å². The van der Waals surface area contributed by atoms with E-state index in [0.29, 0.717) is 16.1 Å². The Bertz CT molecular complexity index is 1640. The average molecular weight is 581 g/mol. The molecule has 4 aromatic rings. The Kier molecular flexibility index (Phi) is 8.68. The second kappa shape index (κ2) is 11.7. The van der Waals surface area contributed by atoms with Gasteiger partial charge in [-0.25, -0.2) is 14.3 Å². The molecule has 1 amide bonds. The number of nitrogens with two attached hydrogens (primary N) is 2. The number of hydrogen-bond donors (Lipinski definition) is 5. The Morgan fingerprint density at radius 2 is 1.63 bits per heavy atom. The van der Waals surface area contributed by atoms with Crippen LogP contribution in [0.4, 0.5) is 5.82 Å². The maximum absolute atomic E-state index is 12.7. The van der Waals surface area contributed by atoms with Gasteiger partial charge in [-0.3, -0.25) is 19.4 Å². The zero-order valence-corrected chi connectivity index (χ0v) is 21.1. The number of aromatic carboxylic acids is 1. The smallest absolute Gasteiger partial charge is 0.342 e. The number of aromatic amines is 2. The molecule has 0 saturated carbocycles. The summed E-state index contributed by atoms with van der Waals surface area (Å²) in [6, 6.07) is 9.53. The van der Waals surface area contributed by atoms with Gasteiger partial charge in [0.2, 0.25) is 0 Å². The molecule has 2 heterocycles. The molecule has 0 radical (unpaired) electrons. The summed E-state index contributed by atoms with van der Waals surface area (Å²) in [5, 5.41) is 16.6. The number of amides is 1. The zero-order valence-electron chi connectivity index (χ0n) is 18.9. The first-order valence-corrected chi connectivity index (χ1v) is 11.3. The van der Waals surface area contributed by atoms with Crippen molar-refractivity contribution in [2.24, 2.45) is 5.73 Å². The van der Waals surface area contributed by atoms with Crippen LogP contribution in [-0.2, 0) is 6.54 Å². The van der Waals surface area contributed by atoms with Crippen LogP contribution in [0.25, 0.3) is 0 Å². The molecular weight excluding hydrogens is 565 g/mol. The molecule has 0 aliphatic heterocycles. The molecule has 0 atom stereocenters. The predicted octanol–water partition coefficient (Wildman–Crippen LogP) is 1.96. The Hall–Kier alpha value is -4.46. The average Bonchev–Trinajstić information content (AvgIpc) is 3.19. The maximum Gasteiger partial charge on any atom is 0.342 e. The number of carboxylic acids is 1. The molecule has 2 aromatic carbocycles. The third kappa shape index (κ3) is 6.45. The van der Waals surface area contributed by atoms with Crippen LogP contribution in [0.2, 0.25) is 15.1 Å². The van der Waals surface area contributed by atoms with Crippen LogP contribution in [0.5, 0.6) is 0 Å². The van der Waals surface area contributed by atoms with Crippen molar-refractivity contribution in [3.8, 4) is 0 Å². The number of nitrogens with one attached hydrogen (secondary N) is 2. The van der Waals surface area contributed by atoms with Gasteiger partial charge in [0, 0.05) is 16.8 Å². The SMILES string of the molecule is NC(=O)c1nnn(Cc2cc(Cl)c(C(=O)c3ccc(Cl)cc3)c(Cl)c2)c1N.O=C(O)c1c[nH]c(=O)[nH]c1=O. The molecule has 0 aliphatic carbocycles. The van der Waals surface area contributed by atoms with Crippen LogP contribution in [0.15, 0.2) is 52.2 Å². The Balaban J connectivity index is 0.000000304. The standard InChI is InChI=1S/C17H12Cl3N5O2.C5H4N2O4/c18-10-3-1-9(2-4-10)15(26)13-11(19)5-8(6-12(13)20)7-25-16(21)14(17(22)27)23-24-25;8-3-2(4(9)10)1-6-5(11)7-3/h1-6H,7,21H2,(H2,22,27);1H,(H,9,10)(H2,6,7,8,11). The van der Waals surface area contributed by atoms with E-state index in [2.05, 4.69) is 10.3 Å².